The van der Waals surface area contributed by atoms with Crippen LogP contribution in [0.1, 0.15) is 31.9 Å². The zero-order valence-electron chi connectivity index (χ0n) is 9.13. The van der Waals surface area contributed by atoms with Crippen LogP contribution in [-0.4, -0.2) is 11.7 Å². The molecule has 0 saturated heterocycles. The minimum absolute atomic E-state index is 0.429. The first-order valence-electron chi connectivity index (χ1n) is 5.20. The number of hydrogen-bond donors (Lipinski definition) is 1. The zero-order chi connectivity index (χ0) is 10.6. The third-order valence-electron chi connectivity index (χ3n) is 2.31. The van der Waals surface area contributed by atoms with Crippen molar-refractivity contribution in [2.75, 3.05) is 6.61 Å². The summed E-state index contributed by atoms with van der Waals surface area (Å²) in [6.07, 6.45) is 1.67. The Balaban J connectivity index is 3.11. The van der Waals surface area contributed by atoms with E-state index in [1.165, 1.54) is 0 Å². The summed E-state index contributed by atoms with van der Waals surface area (Å²) in [6.45, 7) is 6.69. The van der Waals surface area contributed by atoms with E-state index in [9.17, 15) is 5.11 Å². The van der Waals surface area contributed by atoms with E-state index in [4.69, 9.17) is 4.74 Å². The molecule has 78 valence electrons. The van der Waals surface area contributed by atoms with Gasteiger partial charge in [0, 0.05) is 0 Å². The number of ether oxygens (including phenoxy) is 1. The molecule has 0 saturated carbocycles. The summed E-state index contributed by atoms with van der Waals surface area (Å²) in [7, 11) is 0. The molecule has 0 unspecified atom stereocenters. The van der Waals surface area contributed by atoms with Crippen molar-refractivity contribution in [2.24, 2.45) is 0 Å². The van der Waals surface area contributed by atoms with Gasteiger partial charge in [0.1, 0.15) is 11.5 Å². The Hall–Kier alpha value is -1.18. The fraction of sp³-hybridized carbons (Fsp3) is 0.500. The van der Waals surface area contributed by atoms with Gasteiger partial charge in [0.15, 0.2) is 0 Å². The Kier molecular flexibility index (Phi) is 3.81. The Bertz CT molecular complexity index is 280. The molecule has 1 aromatic rings. The van der Waals surface area contributed by atoms with Gasteiger partial charge in [-0.1, -0.05) is 13.8 Å². The number of aryl methyl sites for hydroxylation is 2. The SMILES string of the molecule is CCOc1cc(CC)c(O)c(CC)c1. The number of phenols is 1. The molecule has 2 nitrogen and oxygen atoms in total. The first-order valence-corrected chi connectivity index (χ1v) is 5.20. The fourth-order valence-electron chi connectivity index (χ4n) is 1.52. The first kappa shape index (κ1) is 10.9. The minimum atomic E-state index is 0.429. The van der Waals surface area contributed by atoms with Crippen LogP contribution in [-0.2, 0) is 12.8 Å². The average molecular weight is 194 g/mol. The van der Waals surface area contributed by atoms with E-state index < -0.39 is 0 Å². The van der Waals surface area contributed by atoms with Gasteiger partial charge in [-0.3, -0.25) is 0 Å². The topological polar surface area (TPSA) is 29.5 Å². The van der Waals surface area contributed by atoms with Gasteiger partial charge in [0.05, 0.1) is 6.61 Å². The van der Waals surface area contributed by atoms with Crippen LogP contribution in [0.5, 0.6) is 11.5 Å². The summed E-state index contributed by atoms with van der Waals surface area (Å²) in [4.78, 5) is 0. The van der Waals surface area contributed by atoms with Crippen LogP contribution in [0.2, 0.25) is 0 Å². The molecule has 14 heavy (non-hydrogen) atoms. The predicted octanol–water partition coefficient (Wildman–Crippen LogP) is 2.92. The summed E-state index contributed by atoms with van der Waals surface area (Å²) < 4.78 is 5.43. The number of phenolic OH excluding ortho intramolecular Hbond substituents is 1. The number of benzene rings is 1. The summed E-state index contributed by atoms with van der Waals surface area (Å²) >= 11 is 0. The van der Waals surface area contributed by atoms with Crippen molar-refractivity contribution in [3.8, 4) is 11.5 Å². The van der Waals surface area contributed by atoms with Crippen molar-refractivity contribution in [2.45, 2.75) is 33.6 Å². The van der Waals surface area contributed by atoms with Crippen molar-refractivity contribution < 1.29 is 9.84 Å². The highest BCUT2D eigenvalue weighted by Gasteiger charge is 2.07. The maximum absolute atomic E-state index is 9.83. The summed E-state index contributed by atoms with van der Waals surface area (Å²) in [5.41, 5.74) is 1.93. The Morgan fingerprint density at radius 2 is 1.57 bits per heavy atom. The maximum Gasteiger partial charge on any atom is 0.122 e. The van der Waals surface area contributed by atoms with Gasteiger partial charge in [-0.25, -0.2) is 0 Å². The lowest BCUT2D eigenvalue weighted by molar-refractivity contribution is 0.338. The molecule has 0 aliphatic heterocycles. The average Bonchev–Trinajstić information content (AvgIpc) is 2.20. The van der Waals surface area contributed by atoms with Crippen LogP contribution >= 0.6 is 0 Å². The number of hydrogen-bond acceptors (Lipinski definition) is 2. The fourth-order valence-corrected chi connectivity index (χ4v) is 1.52. The van der Waals surface area contributed by atoms with E-state index >= 15 is 0 Å². The molecule has 0 aromatic heterocycles. The van der Waals surface area contributed by atoms with Crippen molar-refractivity contribution >= 4 is 0 Å². The molecule has 1 N–H and O–H groups in total. The Morgan fingerprint density at radius 3 is 1.93 bits per heavy atom. The number of aromatic hydroxyl groups is 1. The summed E-state index contributed by atoms with van der Waals surface area (Å²) in [5.74, 6) is 1.29. The molecule has 0 fully saturated rings. The predicted molar refractivity (Wildman–Crippen MR) is 58.0 cm³/mol. The summed E-state index contributed by atoms with van der Waals surface area (Å²) in [6, 6.07) is 3.83. The van der Waals surface area contributed by atoms with Crippen molar-refractivity contribution in [1.29, 1.82) is 0 Å². The van der Waals surface area contributed by atoms with E-state index in [0.717, 1.165) is 29.7 Å². The molecule has 0 radical (unpaired) electrons. The van der Waals surface area contributed by atoms with Gasteiger partial charge in [-0.2, -0.15) is 0 Å². The molecule has 0 atom stereocenters. The van der Waals surface area contributed by atoms with E-state index in [-0.39, 0.29) is 0 Å². The molecular weight excluding hydrogens is 176 g/mol. The lowest BCUT2D eigenvalue weighted by Crippen LogP contribution is -1.95. The third kappa shape index (κ3) is 2.19. The molecule has 1 aromatic carbocycles. The van der Waals surface area contributed by atoms with Crippen molar-refractivity contribution in [3.05, 3.63) is 23.3 Å². The minimum Gasteiger partial charge on any atom is -0.507 e. The van der Waals surface area contributed by atoms with Crippen LogP contribution in [0.15, 0.2) is 12.1 Å². The van der Waals surface area contributed by atoms with Crippen molar-refractivity contribution in [3.63, 3.8) is 0 Å². The van der Waals surface area contributed by atoms with Crippen LogP contribution < -0.4 is 4.74 Å². The standard InChI is InChI=1S/C12H18O2/c1-4-9-7-11(14-6-3)8-10(5-2)12(9)13/h7-8,13H,4-6H2,1-3H3. The van der Waals surface area contributed by atoms with Crippen LogP contribution in [0.25, 0.3) is 0 Å². The Morgan fingerprint density at radius 1 is 1.07 bits per heavy atom. The Labute approximate surface area is 85.5 Å². The second-order valence-corrected chi connectivity index (χ2v) is 3.23. The summed E-state index contributed by atoms with van der Waals surface area (Å²) in [5, 5.41) is 9.83. The quantitative estimate of drug-likeness (QED) is 0.798. The lowest BCUT2D eigenvalue weighted by atomic mass is 10.0. The third-order valence-corrected chi connectivity index (χ3v) is 2.31. The van der Waals surface area contributed by atoms with E-state index in [1.807, 2.05) is 32.9 Å². The monoisotopic (exact) mass is 194 g/mol. The van der Waals surface area contributed by atoms with Gasteiger partial charge >= 0.3 is 0 Å². The van der Waals surface area contributed by atoms with Gasteiger partial charge in [-0.05, 0) is 43.0 Å². The second-order valence-electron chi connectivity index (χ2n) is 3.23. The van der Waals surface area contributed by atoms with Gasteiger partial charge < -0.3 is 9.84 Å². The molecular formula is C12H18O2. The molecule has 0 aliphatic rings. The smallest absolute Gasteiger partial charge is 0.122 e. The first-order chi connectivity index (χ1) is 6.72. The van der Waals surface area contributed by atoms with Gasteiger partial charge in [-0.15, -0.1) is 0 Å². The van der Waals surface area contributed by atoms with Crippen LogP contribution in [0, 0.1) is 0 Å². The highest BCUT2D eigenvalue weighted by molar-refractivity contribution is 5.46. The van der Waals surface area contributed by atoms with Gasteiger partial charge in [0.2, 0.25) is 0 Å². The van der Waals surface area contributed by atoms with E-state index in [0.29, 0.717) is 12.4 Å². The molecule has 0 amide bonds. The number of rotatable bonds is 4. The highest BCUT2D eigenvalue weighted by atomic mass is 16.5. The van der Waals surface area contributed by atoms with Crippen LogP contribution in [0.4, 0.5) is 0 Å². The molecule has 0 aliphatic carbocycles. The molecule has 1 rings (SSSR count). The molecule has 0 heterocycles. The van der Waals surface area contributed by atoms with Gasteiger partial charge in [0.25, 0.3) is 0 Å². The normalized spacial score (nSPS) is 10.2. The zero-order valence-corrected chi connectivity index (χ0v) is 9.13. The molecule has 0 spiro atoms. The largest absolute Gasteiger partial charge is 0.507 e. The van der Waals surface area contributed by atoms with Crippen LogP contribution in [0.3, 0.4) is 0 Å². The molecule has 0 bridgehead atoms. The second kappa shape index (κ2) is 4.89. The lowest BCUT2D eigenvalue weighted by Gasteiger charge is -2.11. The van der Waals surface area contributed by atoms with E-state index in [1.54, 1.807) is 0 Å². The highest BCUT2D eigenvalue weighted by Crippen LogP contribution is 2.29. The van der Waals surface area contributed by atoms with Crippen molar-refractivity contribution in [1.82, 2.24) is 0 Å². The maximum atomic E-state index is 9.83. The molecule has 2 heteroatoms. The van der Waals surface area contributed by atoms with E-state index in [2.05, 4.69) is 0 Å².